The lowest BCUT2D eigenvalue weighted by molar-refractivity contribution is 0.394. The second-order valence-electron chi connectivity index (χ2n) is 3.69. The normalized spacial score (nSPS) is 10.2. The summed E-state index contributed by atoms with van der Waals surface area (Å²) >= 11 is 6.77. The van der Waals surface area contributed by atoms with Crippen LogP contribution in [0.4, 0.5) is 11.6 Å². The number of aryl methyl sites for hydroxylation is 1. The zero-order valence-corrected chi connectivity index (χ0v) is 13.0. The van der Waals surface area contributed by atoms with Crippen molar-refractivity contribution in [3.05, 3.63) is 38.9 Å². The van der Waals surface area contributed by atoms with Gasteiger partial charge in [-0.3, -0.25) is 0 Å². The Hall–Kier alpha value is -1.14. The summed E-state index contributed by atoms with van der Waals surface area (Å²) in [6.45, 7) is 2.03. The number of nitrogens with one attached hydrogen (secondary N) is 1. The topological polar surface area (TPSA) is 47.0 Å². The van der Waals surface area contributed by atoms with E-state index in [-0.39, 0.29) is 0 Å². The molecular formula is C12H11Br2N3O. The summed E-state index contributed by atoms with van der Waals surface area (Å²) in [6.07, 6.45) is 1.65. The first-order valence-electron chi connectivity index (χ1n) is 5.19. The molecule has 1 aromatic carbocycles. The lowest BCUT2D eigenvalue weighted by Crippen LogP contribution is -1.99. The minimum absolute atomic E-state index is 0.493. The molecule has 1 aromatic heterocycles. The fraction of sp³-hybridized carbons (Fsp3) is 0.167. The maximum absolute atomic E-state index is 5.12. The number of anilines is 2. The molecule has 0 radical (unpaired) electrons. The third kappa shape index (κ3) is 3.20. The molecular weight excluding hydrogens is 362 g/mol. The molecule has 4 nitrogen and oxygen atoms in total. The average molecular weight is 373 g/mol. The van der Waals surface area contributed by atoms with Crippen molar-refractivity contribution in [3.63, 3.8) is 0 Å². The van der Waals surface area contributed by atoms with Crippen LogP contribution in [0, 0.1) is 6.92 Å². The fourth-order valence-electron chi connectivity index (χ4n) is 1.49. The zero-order valence-electron chi connectivity index (χ0n) is 9.87. The van der Waals surface area contributed by atoms with Gasteiger partial charge < -0.3 is 10.1 Å². The van der Waals surface area contributed by atoms with Crippen LogP contribution in [0.2, 0.25) is 0 Å². The smallest absolute Gasteiger partial charge is 0.232 e. The van der Waals surface area contributed by atoms with E-state index in [1.165, 1.54) is 0 Å². The molecule has 18 heavy (non-hydrogen) atoms. The van der Waals surface area contributed by atoms with E-state index in [9.17, 15) is 0 Å². The number of methoxy groups -OCH3 is 1. The standard InChI is InChI=1S/C12H11Br2N3O/c1-7-3-8(13)5-9(4-7)16-12-15-6-10(14)11(17-12)18-2/h3-6H,1-2H3,(H,15,16,17). The molecule has 0 aliphatic carbocycles. The van der Waals surface area contributed by atoms with E-state index in [0.29, 0.717) is 11.8 Å². The molecule has 0 atom stereocenters. The van der Waals surface area contributed by atoms with E-state index >= 15 is 0 Å². The fourth-order valence-corrected chi connectivity index (χ4v) is 2.45. The molecule has 0 bridgehead atoms. The lowest BCUT2D eigenvalue weighted by Gasteiger charge is -2.08. The molecule has 0 aliphatic heterocycles. The Kier molecular flexibility index (Phi) is 4.19. The quantitative estimate of drug-likeness (QED) is 0.882. The highest BCUT2D eigenvalue weighted by atomic mass is 79.9. The van der Waals surface area contributed by atoms with Crippen molar-refractivity contribution in [3.8, 4) is 5.88 Å². The molecule has 0 amide bonds. The van der Waals surface area contributed by atoms with Gasteiger partial charge in [-0.2, -0.15) is 4.98 Å². The van der Waals surface area contributed by atoms with E-state index in [0.717, 1.165) is 20.2 Å². The molecule has 0 saturated carbocycles. The monoisotopic (exact) mass is 371 g/mol. The van der Waals surface area contributed by atoms with Gasteiger partial charge in [0.25, 0.3) is 0 Å². The number of hydrogen-bond donors (Lipinski definition) is 1. The minimum Gasteiger partial charge on any atom is -0.480 e. The number of ether oxygens (including phenoxy) is 1. The summed E-state index contributed by atoms with van der Waals surface area (Å²) in [5, 5.41) is 3.13. The van der Waals surface area contributed by atoms with Gasteiger partial charge in [-0.25, -0.2) is 4.98 Å². The van der Waals surface area contributed by atoms with Crippen LogP contribution >= 0.6 is 31.9 Å². The molecule has 0 unspecified atom stereocenters. The minimum atomic E-state index is 0.493. The van der Waals surface area contributed by atoms with Gasteiger partial charge in [-0.1, -0.05) is 15.9 Å². The van der Waals surface area contributed by atoms with Crippen LogP contribution in [0.1, 0.15) is 5.56 Å². The second kappa shape index (κ2) is 5.67. The number of aromatic nitrogens is 2. The van der Waals surface area contributed by atoms with Crippen LogP contribution in [-0.2, 0) is 0 Å². The Morgan fingerprint density at radius 1 is 1.22 bits per heavy atom. The summed E-state index contributed by atoms with van der Waals surface area (Å²) in [6, 6.07) is 6.02. The second-order valence-corrected chi connectivity index (χ2v) is 5.46. The Morgan fingerprint density at radius 3 is 2.67 bits per heavy atom. The van der Waals surface area contributed by atoms with Gasteiger partial charge in [0, 0.05) is 10.2 Å². The van der Waals surface area contributed by atoms with Crippen molar-refractivity contribution in [2.24, 2.45) is 0 Å². The van der Waals surface area contributed by atoms with E-state index < -0.39 is 0 Å². The van der Waals surface area contributed by atoms with Crippen molar-refractivity contribution >= 4 is 43.5 Å². The molecule has 6 heteroatoms. The summed E-state index contributed by atoms with van der Waals surface area (Å²) in [5.41, 5.74) is 2.07. The first-order chi connectivity index (χ1) is 8.58. The Labute approximate surface area is 122 Å². The van der Waals surface area contributed by atoms with Crippen molar-refractivity contribution in [1.29, 1.82) is 0 Å². The van der Waals surface area contributed by atoms with Gasteiger partial charge >= 0.3 is 0 Å². The predicted octanol–water partition coefficient (Wildman–Crippen LogP) is 4.06. The third-order valence-electron chi connectivity index (χ3n) is 2.20. The number of rotatable bonds is 3. The molecule has 1 heterocycles. The van der Waals surface area contributed by atoms with E-state index in [2.05, 4.69) is 47.1 Å². The highest BCUT2D eigenvalue weighted by Gasteiger charge is 2.05. The zero-order chi connectivity index (χ0) is 13.1. The molecule has 1 N–H and O–H groups in total. The van der Waals surface area contributed by atoms with Crippen molar-refractivity contribution in [2.75, 3.05) is 12.4 Å². The maximum atomic E-state index is 5.12. The van der Waals surface area contributed by atoms with Crippen LogP contribution in [0.15, 0.2) is 33.3 Å². The van der Waals surface area contributed by atoms with E-state index in [4.69, 9.17) is 4.74 Å². The molecule has 2 rings (SSSR count). The number of nitrogens with zero attached hydrogens (tertiary/aromatic N) is 2. The third-order valence-corrected chi connectivity index (χ3v) is 3.21. The van der Waals surface area contributed by atoms with Crippen molar-refractivity contribution in [2.45, 2.75) is 6.92 Å². The lowest BCUT2D eigenvalue weighted by atomic mass is 10.2. The summed E-state index contributed by atoms with van der Waals surface area (Å²) in [7, 11) is 1.57. The Morgan fingerprint density at radius 2 is 2.00 bits per heavy atom. The average Bonchev–Trinajstić information content (AvgIpc) is 2.30. The van der Waals surface area contributed by atoms with Gasteiger partial charge in [-0.15, -0.1) is 0 Å². The number of benzene rings is 1. The SMILES string of the molecule is COc1nc(Nc2cc(C)cc(Br)c2)ncc1Br. The largest absolute Gasteiger partial charge is 0.480 e. The number of halogens is 2. The highest BCUT2D eigenvalue weighted by Crippen LogP contribution is 2.25. The highest BCUT2D eigenvalue weighted by molar-refractivity contribution is 9.10. The van der Waals surface area contributed by atoms with E-state index in [1.807, 2.05) is 25.1 Å². The van der Waals surface area contributed by atoms with Crippen LogP contribution in [0.5, 0.6) is 5.88 Å². The van der Waals surface area contributed by atoms with Crippen LogP contribution in [0.25, 0.3) is 0 Å². The molecule has 2 aromatic rings. The summed E-state index contributed by atoms with van der Waals surface area (Å²) in [4.78, 5) is 8.42. The molecule has 0 saturated heterocycles. The van der Waals surface area contributed by atoms with Crippen molar-refractivity contribution < 1.29 is 4.74 Å². The maximum Gasteiger partial charge on any atom is 0.232 e. The van der Waals surface area contributed by atoms with Gasteiger partial charge in [0.15, 0.2) is 0 Å². The Balaban J connectivity index is 2.28. The molecule has 0 spiro atoms. The summed E-state index contributed by atoms with van der Waals surface area (Å²) in [5.74, 6) is 0.992. The van der Waals surface area contributed by atoms with Gasteiger partial charge in [0.05, 0.1) is 17.8 Å². The van der Waals surface area contributed by atoms with Gasteiger partial charge in [0.1, 0.15) is 0 Å². The van der Waals surface area contributed by atoms with Crippen LogP contribution in [0.3, 0.4) is 0 Å². The molecule has 0 fully saturated rings. The number of hydrogen-bond acceptors (Lipinski definition) is 4. The molecule has 0 aliphatic rings. The summed E-state index contributed by atoms with van der Waals surface area (Å²) < 4.78 is 6.86. The van der Waals surface area contributed by atoms with Crippen LogP contribution < -0.4 is 10.1 Å². The molecule has 94 valence electrons. The van der Waals surface area contributed by atoms with Gasteiger partial charge in [-0.05, 0) is 46.6 Å². The Bertz CT molecular complexity index is 555. The van der Waals surface area contributed by atoms with Crippen LogP contribution in [-0.4, -0.2) is 17.1 Å². The first-order valence-corrected chi connectivity index (χ1v) is 6.78. The van der Waals surface area contributed by atoms with Gasteiger partial charge in [0.2, 0.25) is 11.8 Å². The predicted molar refractivity (Wildman–Crippen MR) is 78.4 cm³/mol. The van der Waals surface area contributed by atoms with E-state index in [1.54, 1.807) is 13.3 Å². The van der Waals surface area contributed by atoms with Crippen molar-refractivity contribution in [1.82, 2.24) is 9.97 Å². The first kappa shape index (κ1) is 13.3.